The van der Waals surface area contributed by atoms with Crippen LogP contribution in [0.4, 0.5) is 5.69 Å². The molecule has 1 aromatic heterocycles. The lowest BCUT2D eigenvalue weighted by molar-refractivity contribution is -0.384. The first-order valence-electron chi connectivity index (χ1n) is 5.33. The molecular weight excluding hydrogens is 218 g/mol. The highest BCUT2D eigenvalue weighted by atomic mass is 16.6. The summed E-state index contributed by atoms with van der Waals surface area (Å²) in [7, 11) is 0. The van der Waals surface area contributed by atoms with Crippen LogP contribution < -0.4 is 0 Å². The Morgan fingerprint density at radius 2 is 2.00 bits per heavy atom. The average Bonchev–Trinajstić information content (AvgIpc) is 2.74. The van der Waals surface area contributed by atoms with Gasteiger partial charge >= 0.3 is 0 Å². The molecule has 0 fully saturated rings. The molecule has 1 unspecified atom stereocenters. The van der Waals surface area contributed by atoms with Crippen molar-refractivity contribution in [2.45, 2.75) is 19.9 Å². The van der Waals surface area contributed by atoms with E-state index in [1.807, 2.05) is 24.6 Å². The molecule has 0 saturated heterocycles. The van der Waals surface area contributed by atoms with Crippen LogP contribution in [0.5, 0.6) is 0 Å². The maximum atomic E-state index is 10.6. The average molecular weight is 231 g/mol. The number of hydrogen-bond acceptors (Lipinski definition) is 3. The fraction of sp³-hybridized carbons (Fsp3) is 0.250. The fourth-order valence-corrected chi connectivity index (χ4v) is 1.83. The van der Waals surface area contributed by atoms with Gasteiger partial charge in [0, 0.05) is 24.5 Å². The minimum atomic E-state index is -0.392. The highest BCUT2D eigenvalue weighted by Crippen LogP contribution is 2.21. The van der Waals surface area contributed by atoms with Crippen molar-refractivity contribution in [3.8, 4) is 0 Å². The molecule has 0 saturated carbocycles. The van der Waals surface area contributed by atoms with Gasteiger partial charge in [0.1, 0.15) is 5.82 Å². The summed E-state index contributed by atoms with van der Waals surface area (Å²) in [4.78, 5) is 14.3. The fourth-order valence-electron chi connectivity index (χ4n) is 1.83. The van der Waals surface area contributed by atoms with Gasteiger partial charge in [0.25, 0.3) is 5.69 Å². The number of imidazole rings is 1. The number of nitro benzene ring substituents is 1. The van der Waals surface area contributed by atoms with E-state index in [-0.39, 0.29) is 11.7 Å². The molecule has 1 heterocycles. The summed E-state index contributed by atoms with van der Waals surface area (Å²) in [6.07, 6.45) is 3.65. The summed E-state index contributed by atoms with van der Waals surface area (Å²) in [6.45, 7) is 3.97. The summed E-state index contributed by atoms with van der Waals surface area (Å²) >= 11 is 0. The maximum Gasteiger partial charge on any atom is 0.269 e. The van der Waals surface area contributed by atoms with E-state index >= 15 is 0 Å². The molecule has 2 aromatic rings. The zero-order valence-corrected chi connectivity index (χ0v) is 9.70. The molecule has 0 aliphatic rings. The lowest BCUT2D eigenvalue weighted by Gasteiger charge is -2.15. The normalized spacial score (nSPS) is 12.4. The monoisotopic (exact) mass is 231 g/mol. The van der Waals surface area contributed by atoms with E-state index in [1.54, 1.807) is 18.3 Å². The molecule has 1 atom stereocenters. The van der Waals surface area contributed by atoms with Crippen molar-refractivity contribution in [3.05, 3.63) is 58.2 Å². The van der Waals surface area contributed by atoms with Crippen LogP contribution in [0.25, 0.3) is 0 Å². The number of aromatic nitrogens is 2. The van der Waals surface area contributed by atoms with Gasteiger partial charge in [-0.3, -0.25) is 10.1 Å². The van der Waals surface area contributed by atoms with Gasteiger partial charge < -0.3 is 4.57 Å². The second-order valence-electron chi connectivity index (χ2n) is 3.91. The molecule has 0 bridgehead atoms. The van der Waals surface area contributed by atoms with Gasteiger partial charge in [0.2, 0.25) is 0 Å². The van der Waals surface area contributed by atoms with Gasteiger partial charge in [0.15, 0.2) is 0 Å². The number of nitro groups is 1. The third kappa shape index (κ3) is 2.18. The van der Waals surface area contributed by atoms with Crippen molar-refractivity contribution in [2.75, 3.05) is 0 Å². The minimum absolute atomic E-state index is 0.114. The predicted octanol–water partition coefficient (Wildman–Crippen LogP) is 2.71. The molecule has 1 aromatic carbocycles. The standard InChI is InChI=1S/C12H13N3O2/c1-9(14-8-7-13-10(14)2)11-3-5-12(6-4-11)15(16)17/h3-9H,1-2H3. The van der Waals surface area contributed by atoms with Crippen LogP contribution in [0.1, 0.15) is 24.4 Å². The quantitative estimate of drug-likeness (QED) is 0.602. The molecule has 0 aliphatic carbocycles. The Bertz CT molecular complexity index is 531. The van der Waals surface area contributed by atoms with Crippen molar-refractivity contribution < 1.29 is 4.92 Å². The highest BCUT2D eigenvalue weighted by Gasteiger charge is 2.11. The minimum Gasteiger partial charge on any atom is -0.328 e. The van der Waals surface area contributed by atoms with Crippen molar-refractivity contribution in [2.24, 2.45) is 0 Å². The summed E-state index contributed by atoms with van der Waals surface area (Å²) in [6, 6.07) is 6.74. The van der Waals surface area contributed by atoms with Gasteiger partial charge in [-0.05, 0) is 19.4 Å². The molecular formula is C12H13N3O2. The molecule has 5 heteroatoms. The lowest BCUT2D eigenvalue weighted by Crippen LogP contribution is -2.07. The van der Waals surface area contributed by atoms with Crippen LogP contribution in [0.2, 0.25) is 0 Å². The molecule has 5 nitrogen and oxygen atoms in total. The number of hydrogen-bond donors (Lipinski definition) is 0. The number of benzene rings is 1. The number of rotatable bonds is 3. The summed E-state index contributed by atoms with van der Waals surface area (Å²) < 4.78 is 2.03. The van der Waals surface area contributed by atoms with E-state index in [2.05, 4.69) is 4.98 Å². The first-order chi connectivity index (χ1) is 8.09. The van der Waals surface area contributed by atoms with Crippen LogP contribution in [0, 0.1) is 17.0 Å². The zero-order chi connectivity index (χ0) is 12.4. The largest absolute Gasteiger partial charge is 0.328 e. The van der Waals surface area contributed by atoms with Gasteiger partial charge in [0.05, 0.1) is 11.0 Å². The number of non-ortho nitro benzene ring substituents is 1. The third-order valence-electron chi connectivity index (χ3n) is 2.87. The molecule has 17 heavy (non-hydrogen) atoms. The zero-order valence-electron chi connectivity index (χ0n) is 9.70. The number of nitrogens with zero attached hydrogens (tertiary/aromatic N) is 3. The van der Waals surface area contributed by atoms with Gasteiger partial charge in [-0.2, -0.15) is 0 Å². The van der Waals surface area contributed by atoms with Gasteiger partial charge in [-0.1, -0.05) is 12.1 Å². The second kappa shape index (κ2) is 4.37. The Hall–Kier alpha value is -2.17. The molecule has 0 aliphatic heterocycles. The Morgan fingerprint density at radius 3 is 2.47 bits per heavy atom. The SMILES string of the molecule is Cc1nccn1C(C)c1ccc([N+](=O)[O-])cc1. The first-order valence-corrected chi connectivity index (χ1v) is 5.33. The van der Waals surface area contributed by atoms with Gasteiger partial charge in [-0.25, -0.2) is 4.98 Å². The summed E-state index contributed by atoms with van der Waals surface area (Å²) in [5, 5.41) is 10.6. The Kier molecular flexibility index (Phi) is 2.91. The van der Waals surface area contributed by atoms with Crippen molar-refractivity contribution in [1.82, 2.24) is 9.55 Å². The number of aryl methyl sites for hydroxylation is 1. The van der Waals surface area contributed by atoms with Crippen LogP contribution in [-0.2, 0) is 0 Å². The molecule has 0 amide bonds. The first kappa shape index (κ1) is 11.3. The van der Waals surface area contributed by atoms with Crippen LogP contribution >= 0.6 is 0 Å². The predicted molar refractivity (Wildman–Crippen MR) is 63.9 cm³/mol. The molecule has 88 valence electrons. The van der Waals surface area contributed by atoms with Gasteiger partial charge in [-0.15, -0.1) is 0 Å². The van der Waals surface area contributed by atoms with Crippen molar-refractivity contribution in [3.63, 3.8) is 0 Å². The Morgan fingerprint density at radius 1 is 1.35 bits per heavy atom. The topological polar surface area (TPSA) is 61.0 Å². The van der Waals surface area contributed by atoms with E-state index in [0.29, 0.717) is 0 Å². The third-order valence-corrected chi connectivity index (χ3v) is 2.87. The van der Waals surface area contributed by atoms with Crippen LogP contribution in [0.3, 0.4) is 0 Å². The van der Waals surface area contributed by atoms with Crippen molar-refractivity contribution >= 4 is 5.69 Å². The van der Waals surface area contributed by atoms with Crippen LogP contribution in [-0.4, -0.2) is 14.5 Å². The maximum absolute atomic E-state index is 10.6. The van der Waals surface area contributed by atoms with Crippen LogP contribution in [0.15, 0.2) is 36.7 Å². The van der Waals surface area contributed by atoms with E-state index in [4.69, 9.17) is 0 Å². The molecule has 0 spiro atoms. The van der Waals surface area contributed by atoms with E-state index in [9.17, 15) is 10.1 Å². The highest BCUT2D eigenvalue weighted by molar-refractivity contribution is 5.34. The molecule has 0 N–H and O–H groups in total. The molecule has 2 rings (SSSR count). The summed E-state index contributed by atoms with van der Waals surface area (Å²) in [5.74, 6) is 0.927. The smallest absolute Gasteiger partial charge is 0.269 e. The van der Waals surface area contributed by atoms with E-state index < -0.39 is 4.92 Å². The summed E-state index contributed by atoms with van der Waals surface area (Å²) in [5.41, 5.74) is 1.14. The van der Waals surface area contributed by atoms with E-state index in [0.717, 1.165) is 11.4 Å². The Balaban J connectivity index is 2.29. The lowest BCUT2D eigenvalue weighted by atomic mass is 10.1. The Labute approximate surface area is 98.9 Å². The molecule has 0 radical (unpaired) electrons. The van der Waals surface area contributed by atoms with E-state index in [1.165, 1.54) is 12.1 Å². The second-order valence-corrected chi connectivity index (χ2v) is 3.91. The van der Waals surface area contributed by atoms with Crippen molar-refractivity contribution in [1.29, 1.82) is 0 Å².